The van der Waals surface area contributed by atoms with Gasteiger partial charge in [-0.2, -0.15) is 0 Å². The maximum absolute atomic E-state index is 6.31. The van der Waals surface area contributed by atoms with Crippen LogP contribution in [0.15, 0.2) is 42.5 Å². The van der Waals surface area contributed by atoms with Crippen molar-refractivity contribution in [2.75, 3.05) is 5.88 Å². The van der Waals surface area contributed by atoms with Crippen LogP contribution in [0.4, 0.5) is 0 Å². The molecule has 1 atom stereocenters. The molecule has 1 unspecified atom stereocenters. The lowest BCUT2D eigenvalue weighted by atomic mass is 9.92. The molecule has 2 aromatic rings. The summed E-state index contributed by atoms with van der Waals surface area (Å²) in [6.07, 6.45) is 0.881. The molecule has 0 aromatic heterocycles. The van der Waals surface area contributed by atoms with Crippen LogP contribution in [0.2, 0.25) is 5.02 Å². The van der Waals surface area contributed by atoms with Gasteiger partial charge in [-0.1, -0.05) is 53.6 Å². The SMILES string of the molecule is Cc1cccc(C(CCl)Cc2ccc(C)cc2Cl)c1. The van der Waals surface area contributed by atoms with Gasteiger partial charge < -0.3 is 0 Å². The van der Waals surface area contributed by atoms with Gasteiger partial charge in [0.1, 0.15) is 0 Å². The minimum atomic E-state index is 0.307. The Morgan fingerprint density at radius 1 is 1.00 bits per heavy atom. The Labute approximate surface area is 125 Å². The van der Waals surface area contributed by atoms with E-state index in [-0.39, 0.29) is 0 Å². The second-order valence-corrected chi connectivity index (χ2v) is 5.78. The molecule has 0 radical (unpaired) electrons. The van der Waals surface area contributed by atoms with Crippen LogP contribution in [-0.2, 0) is 6.42 Å². The molecule has 0 amide bonds. The summed E-state index contributed by atoms with van der Waals surface area (Å²) in [7, 11) is 0. The normalized spacial score (nSPS) is 12.4. The average Bonchev–Trinajstić information content (AvgIpc) is 2.38. The number of hydrogen-bond donors (Lipinski definition) is 0. The minimum Gasteiger partial charge on any atom is -0.126 e. The summed E-state index contributed by atoms with van der Waals surface area (Å²) in [5.74, 6) is 0.912. The molecule has 2 heteroatoms. The van der Waals surface area contributed by atoms with Crippen LogP contribution >= 0.6 is 23.2 Å². The second kappa shape index (κ2) is 6.45. The van der Waals surface area contributed by atoms with E-state index in [1.54, 1.807) is 0 Å². The smallest absolute Gasteiger partial charge is 0.0440 e. The first-order valence-electron chi connectivity index (χ1n) is 6.47. The molecular weight excluding hydrogens is 275 g/mol. The van der Waals surface area contributed by atoms with Gasteiger partial charge in [-0.05, 0) is 43.0 Å². The van der Waals surface area contributed by atoms with Gasteiger partial charge in [0.2, 0.25) is 0 Å². The summed E-state index contributed by atoms with van der Waals surface area (Å²) < 4.78 is 0. The van der Waals surface area contributed by atoms with Crippen LogP contribution in [0.3, 0.4) is 0 Å². The molecule has 0 aliphatic carbocycles. The predicted octanol–water partition coefficient (Wildman–Crippen LogP) is 5.52. The van der Waals surface area contributed by atoms with Crippen molar-refractivity contribution in [2.45, 2.75) is 26.2 Å². The Morgan fingerprint density at radius 3 is 2.37 bits per heavy atom. The molecule has 0 saturated heterocycles. The van der Waals surface area contributed by atoms with E-state index < -0.39 is 0 Å². The summed E-state index contributed by atoms with van der Waals surface area (Å²) in [5.41, 5.74) is 4.90. The van der Waals surface area contributed by atoms with E-state index in [4.69, 9.17) is 23.2 Å². The fraction of sp³-hybridized carbons (Fsp3) is 0.294. The topological polar surface area (TPSA) is 0 Å². The fourth-order valence-electron chi connectivity index (χ4n) is 2.27. The Hall–Kier alpha value is -0.980. The molecule has 0 N–H and O–H groups in total. The van der Waals surface area contributed by atoms with E-state index in [1.165, 1.54) is 22.3 Å². The van der Waals surface area contributed by atoms with Gasteiger partial charge in [0.25, 0.3) is 0 Å². The largest absolute Gasteiger partial charge is 0.126 e. The number of benzene rings is 2. The van der Waals surface area contributed by atoms with Crippen LogP contribution in [0.1, 0.15) is 28.2 Å². The zero-order valence-electron chi connectivity index (χ0n) is 11.3. The van der Waals surface area contributed by atoms with Crippen molar-refractivity contribution >= 4 is 23.2 Å². The summed E-state index contributed by atoms with van der Waals surface area (Å²) in [6, 6.07) is 14.8. The van der Waals surface area contributed by atoms with Crippen LogP contribution in [0.5, 0.6) is 0 Å². The minimum absolute atomic E-state index is 0.307. The molecule has 0 bridgehead atoms. The van der Waals surface area contributed by atoms with Crippen LogP contribution in [-0.4, -0.2) is 5.88 Å². The number of alkyl halides is 1. The average molecular weight is 293 g/mol. The fourth-order valence-corrected chi connectivity index (χ4v) is 2.87. The van der Waals surface area contributed by atoms with Crippen molar-refractivity contribution in [3.63, 3.8) is 0 Å². The number of rotatable bonds is 4. The molecule has 0 aliphatic rings. The Kier molecular flexibility index (Phi) is 4.90. The van der Waals surface area contributed by atoms with Crippen molar-refractivity contribution in [2.24, 2.45) is 0 Å². The molecule has 0 fully saturated rings. The van der Waals surface area contributed by atoms with Gasteiger partial charge in [0.15, 0.2) is 0 Å². The van der Waals surface area contributed by atoms with Gasteiger partial charge in [0.05, 0.1) is 0 Å². The highest BCUT2D eigenvalue weighted by Crippen LogP contribution is 2.27. The molecule has 100 valence electrons. The zero-order valence-corrected chi connectivity index (χ0v) is 12.8. The van der Waals surface area contributed by atoms with Gasteiger partial charge in [-0.15, -0.1) is 11.6 Å². The lowest BCUT2D eigenvalue weighted by molar-refractivity contribution is 0.765. The van der Waals surface area contributed by atoms with E-state index in [0.29, 0.717) is 11.8 Å². The molecule has 2 aromatic carbocycles. The van der Waals surface area contributed by atoms with E-state index >= 15 is 0 Å². The summed E-state index contributed by atoms with van der Waals surface area (Å²) >= 11 is 12.5. The first-order valence-corrected chi connectivity index (χ1v) is 7.39. The van der Waals surface area contributed by atoms with Crippen molar-refractivity contribution in [3.8, 4) is 0 Å². The third-order valence-electron chi connectivity index (χ3n) is 3.37. The molecule has 0 spiro atoms. The summed E-state index contributed by atoms with van der Waals surface area (Å²) in [5, 5.41) is 0.836. The van der Waals surface area contributed by atoms with E-state index in [9.17, 15) is 0 Å². The Balaban J connectivity index is 2.24. The van der Waals surface area contributed by atoms with Crippen LogP contribution in [0.25, 0.3) is 0 Å². The van der Waals surface area contributed by atoms with E-state index in [0.717, 1.165) is 11.4 Å². The first-order chi connectivity index (χ1) is 9.10. The van der Waals surface area contributed by atoms with Gasteiger partial charge in [0, 0.05) is 16.8 Å². The van der Waals surface area contributed by atoms with Gasteiger partial charge in [-0.25, -0.2) is 0 Å². The first kappa shape index (κ1) is 14.4. The zero-order chi connectivity index (χ0) is 13.8. The highest BCUT2D eigenvalue weighted by atomic mass is 35.5. The van der Waals surface area contributed by atoms with Crippen LogP contribution in [0, 0.1) is 13.8 Å². The standard InChI is InChI=1S/C17H18Cl2/c1-12-4-3-5-14(8-12)16(11-18)10-15-7-6-13(2)9-17(15)19/h3-9,16H,10-11H2,1-2H3. The maximum atomic E-state index is 6.31. The number of halogens is 2. The summed E-state index contributed by atoms with van der Waals surface area (Å²) in [4.78, 5) is 0. The van der Waals surface area contributed by atoms with Crippen molar-refractivity contribution in [1.29, 1.82) is 0 Å². The number of aryl methyl sites for hydroxylation is 2. The molecular formula is C17H18Cl2. The molecule has 0 aliphatic heterocycles. The molecule has 19 heavy (non-hydrogen) atoms. The molecule has 0 heterocycles. The van der Waals surface area contributed by atoms with Crippen LogP contribution < -0.4 is 0 Å². The highest BCUT2D eigenvalue weighted by Gasteiger charge is 2.13. The molecule has 0 saturated carbocycles. The molecule has 0 nitrogen and oxygen atoms in total. The number of hydrogen-bond acceptors (Lipinski definition) is 0. The lowest BCUT2D eigenvalue weighted by Crippen LogP contribution is -2.05. The third-order valence-corrected chi connectivity index (χ3v) is 4.10. The summed E-state index contributed by atoms with van der Waals surface area (Å²) in [6.45, 7) is 4.16. The quantitative estimate of drug-likeness (QED) is 0.651. The van der Waals surface area contributed by atoms with Crippen molar-refractivity contribution in [1.82, 2.24) is 0 Å². The monoisotopic (exact) mass is 292 g/mol. The second-order valence-electron chi connectivity index (χ2n) is 5.06. The highest BCUT2D eigenvalue weighted by molar-refractivity contribution is 6.31. The predicted molar refractivity (Wildman–Crippen MR) is 84.5 cm³/mol. The lowest BCUT2D eigenvalue weighted by Gasteiger charge is -2.16. The van der Waals surface area contributed by atoms with Gasteiger partial charge >= 0.3 is 0 Å². The van der Waals surface area contributed by atoms with Crippen molar-refractivity contribution < 1.29 is 0 Å². The van der Waals surface area contributed by atoms with Crippen molar-refractivity contribution in [3.05, 3.63) is 69.7 Å². The van der Waals surface area contributed by atoms with Gasteiger partial charge in [-0.3, -0.25) is 0 Å². The maximum Gasteiger partial charge on any atom is 0.0440 e. The van der Waals surface area contributed by atoms with E-state index in [2.05, 4.69) is 50.2 Å². The Bertz CT molecular complexity index is 561. The third kappa shape index (κ3) is 3.75. The van der Waals surface area contributed by atoms with E-state index in [1.807, 2.05) is 6.07 Å². The Morgan fingerprint density at radius 2 is 1.74 bits per heavy atom. The molecule has 2 rings (SSSR count).